The molecule has 0 spiro atoms. The predicted octanol–water partition coefficient (Wildman–Crippen LogP) is 4.67. The quantitative estimate of drug-likeness (QED) is 0.639. The third-order valence-electron chi connectivity index (χ3n) is 4.12. The fraction of sp³-hybridized carbons (Fsp3) is 0.0909. The largest absolute Gasteiger partial charge is 0.376 e. The van der Waals surface area contributed by atoms with Crippen molar-refractivity contribution in [2.24, 2.45) is 0 Å². The lowest BCUT2D eigenvalue weighted by Gasteiger charge is -2.18. The monoisotopic (exact) mass is 393 g/mol. The molecule has 0 saturated heterocycles. The van der Waals surface area contributed by atoms with Crippen molar-refractivity contribution in [2.75, 3.05) is 29.1 Å². The van der Waals surface area contributed by atoms with Gasteiger partial charge in [0.1, 0.15) is 0 Å². The van der Waals surface area contributed by atoms with Gasteiger partial charge in [-0.3, -0.25) is 9.59 Å². The minimum Gasteiger partial charge on any atom is -0.376 e. The average Bonchev–Trinajstić information content (AvgIpc) is 2.72. The summed E-state index contributed by atoms with van der Waals surface area (Å²) in [6.45, 7) is 0.0681. The van der Waals surface area contributed by atoms with E-state index in [-0.39, 0.29) is 18.4 Å². The molecule has 5 nitrogen and oxygen atoms in total. The predicted molar refractivity (Wildman–Crippen MR) is 114 cm³/mol. The molecular weight excluding hydrogens is 374 g/mol. The van der Waals surface area contributed by atoms with Crippen LogP contribution in [0.5, 0.6) is 0 Å². The van der Waals surface area contributed by atoms with Crippen molar-refractivity contribution in [1.29, 1.82) is 0 Å². The fourth-order valence-corrected chi connectivity index (χ4v) is 2.87. The molecule has 6 heteroatoms. The number of benzene rings is 3. The number of amides is 2. The van der Waals surface area contributed by atoms with Crippen LogP contribution in [0.15, 0.2) is 78.9 Å². The van der Waals surface area contributed by atoms with Gasteiger partial charge >= 0.3 is 0 Å². The number of hydrogen-bond donors (Lipinski definition) is 2. The topological polar surface area (TPSA) is 61.4 Å². The molecule has 142 valence electrons. The van der Waals surface area contributed by atoms with E-state index in [1.165, 1.54) is 0 Å². The highest BCUT2D eigenvalue weighted by molar-refractivity contribution is 6.30. The summed E-state index contributed by atoms with van der Waals surface area (Å²) < 4.78 is 0. The van der Waals surface area contributed by atoms with E-state index in [4.69, 9.17) is 11.6 Å². The Kier molecular flexibility index (Phi) is 6.29. The SMILES string of the molecule is CN(C(=O)c1cccc(NCC(=O)Nc2cccc(Cl)c2)c1)c1ccccc1. The summed E-state index contributed by atoms with van der Waals surface area (Å²) in [5.74, 6) is -0.335. The van der Waals surface area contributed by atoms with Crippen LogP contribution in [0, 0.1) is 0 Å². The molecule has 0 radical (unpaired) electrons. The van der Waals surface area contributed by atoms with Gasteiger partial charge in [-0.25, -0.2) is 0 Å². The Hall–Kier alpha value is -3.31. The highest BCUT2D eigenvalue weighted by Crippen LogP contribution is 2.18. The molecule has 0 aliphatic carbocycles. The molecule has 0 atom stereocenters. The second-order valence-corrected chi connectivity index (χ2v) is 6.63. The maximum atomic E-state index is 12.7. The Labute approximate surface area is 168 Å². The second-order valence-electron chi connectivity index (χ2n) is 6.19. The minimum atomic E-state index is -0.208. The summed E-state index contributed by atoms with van der Waals surface area (Å²) in [6, 6.07) is 23.4. The Morgan fingerprint density at radius 2 is 1.61 bits per heavy atom. The number of rotatable bonds is 6. The van der Waals surface area contributed by atoms with Gasteiger partial charge in [-0.1, -0.05) is 41.9 Å². The van der Waals surface area contributed by atoms with Crippen LogP contribution in [0.4, 0.5) is 17.1 Å². The van der Waals surface area contributed by atoms with Crippen LogP contribution in [0.1, 0.15) is 10.4 Å². The van der Waals surface area contributed by atoms with E-state index in [2.05, 4.69) is 10.6 Å². The first-order chi connectivity index (χ1) is 13.5. The third kappa shape index (κ3) is 5.11. The van der Waals surface area contributed by atoms with E-state index >= 15 is 0 Å². The number of halogens is 1. The van der Waals surface area contributed by atoms with Gasteiger partial charge in [0.25, 0.3) is 5.91 Å². The highest BCUT2D eigenvalue weighted by atomic mass is 35.5. The lowest BCUT2D eigenvalue weighted by molar-refractivity contribution is -0.114. The molecule has 0 heterocycles. The molecule has 0 bridgehead atoms. The maximum Gasteiger partial charge on any atom is 0.258 e. The maximum absolute atomic E-state index is 12.7. The summed E-state index contributed by atoms with van der Waals surface area (Å²) in [5, 5.41) is 6.36. The van der Waals surface area contributed by atoms with Crippen LogP contribution in [-0.2, 0) is 4.79 Å². The number of anilines is 3. The van der Waals surface area contributed by atoms with Gasteiger partial charge in [0.15, 0.2) is 0 Å². The Bertz CT molecular complexity index is 976. The Morgan fingerprint density at radius 3 is 2.36 bits per heavy atom. The zero-order chi connectivity index (χ0) is 19.9. The highest BCUT2D eigenvalue weighted by Gasteiger charge is 2.13. The van der Waals surface area contributed by atoms with Crippen LogP contribution in [0.3, 0.4) is 0 Å². The number of carbonyl (C=O) groups is 2. The molecule has 0 unspecified atom stereocenters. The van der Waals surface area contributed by atoms with E-state index < -0.39 is 0 Å². The Morgan fingerprint density at radius 1 is 0.893 bits per heavy atom. The van der Waals surface area contributed by atoms with Crippen molar-refractivity contribution in [1.82, 2.24) is 0 Å². The van der Waals surface area contributed by atoms with Crippen molar-refractivity contribution >= 4 is 40.5 Å². The zero-order valence-corrected chi connectivity index (χ0v) is 16.1. The van der Waals surface area contributed by atoms with Crippen LogP contribution < -0.4 is 15.5 Å². The molecule has 3 aromatic carbocycles. The standard InChI is InChI=1S/C22H20ClN3O2/c1-26(20-11-3-2-4-12-20)22(28)16-7-5-9-18(13-16)24-15-21(27)25-19-10-6-8-17(23)14-19/h2-14,24H,15H2,1H3,(H,25,27). The molecule has 0 aliphatic heterocycles. The molecule has 28 heavy (non-hydrogen) atoms. The lowest BCUT2D eigenvalue weighted by Crippen LogP contribution is -2.26. The molecular formula is C22H20ClN3O2. The number of carbonyl (C=O) groups excluding carboxylic acids is 2. The summed E-state index contributed by atoms with van der Waals surface area (Å²) >= 11 is 5.92. The first kappa shape index (κ1) is 19.5. The third-order valence-corrected chi connectivity index (χ3v) is 4.35. The van der Waals surface area contributed by atoms with Gasteiger partial charge in [-0.15, -0.1) is 0 Å². The van der Waals surface area contributed by atoms with Gasteiger partial charge in [0.05, 0.1) is 6.54 Å². The van der Waals surface area contributed by atoms with Crippen LogP contribution in [0.2, 0.25) is 5.02 Å². The van der Waals surface area contributed by atoms with Crippen molar-refractivity contribution in [2.45, 2.75) is 0 Å². The second kappa shape index (κ2) is 9.06. The molecule has 0 aromatic heterocycles. The van der Waals surface area contributed by atoms with Gasteiger partial charge in [0, 0.05) is 34.7 Å². The summed E-state index contributed by atoms with van der Waals surface area (Å²) in [6.07, 6.45) is 0. The lowest BCUT2D eigenvalue weighted by atomic mass is 10.1. The molecule has 3 rings (SSSR count). The molecule has 0 saturated carbocycles. The number of nitrogens with one attached hydrogen (secondary N) is 2. The van der Waals surface area contributed by atoms with Crippen LogP contribution in [0.25, 0.3) is 0 Å². The summed E-state index contributed by atoms with van der Waals surface area (Å²) in [5.41, 5.74) is 2.67. The number of para-hydroxylation sites is 1. The van der Waals surface area contributed by atoms with Crippen LogP contribution in [-0.4, -0.2) is 25.4 Å². The molecule has 0 aliphatic rings. The normalized spacial score (nSPS) is 10.2. The van der Waals surface area contributed by atoms with Crippen LogP contribution >= 0.6 is 11.6 Å². The van der Waals surface area contributed by atoms with Gasteiger partial charge in [-0.2, -0.15) is 0 Å². The summed E-state index contributed by atoms with van der Waals surface area (Å²) in [7, 11) is 1.73. The first-order valence-electron chi connectivity index (χ1n) is 8.75. The smallest absolute Gasteiger partial charge is 0.258 e. The molecule has 2 amide bonds. The van der Waals surface area contributed by atoms with E-state index in [1.54, 1.807) is 54.4 Å². The van der Waals surface area contributed by atoms with E-state index in [9.17, 15) is 9.59 Å². The van der Waals surface area contributed by atoms with E-state index in [1.807, 2.05) is 36.4 Å². The number of nitrogens with zero attached hydrogens (tertiary/aromatic N) is 1. The number of hydrogen-bond acceptors (Lipinski definition) is 3. The minimum absolute atomic E-state index is 0.0681. The van der Waals surface area contributed by atoms with Crippen molar-refractivity contribution in [3.63, 3.8) is 0 Å². The average molecular weight is 394 g/mol. The zero-order valence-electron chi connectivity index (χ0n) is 15.4. The Balaban J connectivity index is 1.61. The summed E-state index contributed by atoms with van der Waals surface area (Å²) in [4.78, 5) is 26.4. The van der Waals surface area contributed by atoms with Crippen molar-refractivity contribution < 1.29 is 9.59 Å². The molecule has 2 N–H and O–H groups in total. The van der Waals surface area contributed by atoms with Crippen molar-refractivity contribution in [3.8, 4) is 0 Å². The van der Waals surface area contributed by atoms with Crippen molar-refractivity contribution in [3.05, 3.63) is 89.4 Å². The molecule has 0 fully saturated rings. The fourth-order valence-electron chi connectivity index (χ4n) is 2.68. The molecule has 3 aromatic rings. The van der Waals surface area contributed by atoms with E-state index in [0.717, 1.165) is 5.69 Å². The van der Waals surface area contributed by atoms with Gasteiger partial charge in [0.2, 0.25) is 5.91 Å². The van der Waals surface area contributed by atoms with E-state index in [0.29, 0.717) is 22.0 Å². The van der Waals surface area contributed by atoms with Gasteiger partial charge in [-0.05, 0) is 48.5 Å². The first-order valence-corrected chi connectivity index (χ1v) is 9.13. The van der Waals surface area contributed by atoms with Gasteiger partial charge < -0.3 is 15.5 Å².